The number of rotatable bonds is 4. The lowest BCUT2D eigenvalue weighted by Gasteiger charge is -2.18. The molecule has 0 radical (unpaired) electrons. The molecule has 2 rings (SSSR count). The van der Waals surface area contributed by atoms with Crippen LogP contribution < -0.4 is 5.32 Å². The number of alkyl carbamates (subject to hydrolysis) is 1. The predicted molar refractivity (Wildman–Crippen MR) is 72.9 cm³/mol. The summed E-state index contributed by atoms with van der Waals surface area (Å²) in [6.45, 7) is 0.224. The number of amides is 1. The van der Waals surface area contributed by atoms with Crippen LogP contribution in [0.1, 0.15) is 24.8 Å². The zero-order valence-corrected chi connectivity index (χ0v) is 11.5. The Labute approximate surface area is 118 Å². The van der Waals surface area contributed by atoms with Crippen molar-refractivity contribution in [3.8, 4) is 0 Å². The zero-order valence-electron chi connectivity index (χ0n) is 11.5. The number of hydrogen-bond donors (Lipinski definition) is 1. The van der Waals surface area contributed by atoms with E-state index in [2.05, 4.69) is 5.32 Å². The van der Waals surface area contributed by atoms with Crippen LogP contribution in [0.3, 0.4) is 0 Å². The Balaban J connectivity index is 1.80. The maximum absolute atomic E-state index is 11.7. The maximum atomic E-state index is 11.7. The van der Waals surface area contributed by atoms with Crippen LogP contribution >= 0.6 is 0 Å². The van der Waals surface area contributed by atoms with Crippen molar-refractivity contribution in [2.24, 2.45) is 5.92 Å². The lowest BCUT2D eigenvalue weighted by molar-refractivity contribution is -0.145. The number of carbonyl (C=O) groups excluding carboxylic acids is 2. The Bertz CT molecular complexity index is 460. The lowest BCUT2D eigenvalue weighted by Crippen LogP contribution is -2.40. The van der Waals surface area contributed by atoms with E-state index in [0.717, 1.165) is 24.8 Å². The van der Waals surface area contributed by atoms with Gasteiger partial charge in [-0.05, 0) is 18.4 Å². The van der Waals surface area contributed by atoms with E-state index < -0.39 is 6.09 Å². The SMILES string of the molecule is COC(=O)[C@H]1CCC[C@H]1NC(=O)OCc1ccccc1. The van der Waals surface area contributed by atoms with Crippen LogP contribution in [0.25, 0.3) is 0 Å². The molecule has 0 spiro atoms. The Hall–Kier alpha value is -2.04. The van der Waals surface area contributed by atoms with Crippen molar-refractivity contribution in [1.82, 2.24) is 5.32 Å². The molecule has 108 valence electrons. The first-order valence-electron chi connectivity index (χ1n) is 6.75. The average molecular weight is 277 g/mol. The van der Waals surface area contributed by atoms with Crippen LogP contribution in [0.4, 0.5) is 4.79 Å². The number of carbonyl (C=O) groups is 2. The fraction of sp³-hybridized carbons (Fsp3) is 0.467. The second-order valence-electron chi connectivity index (χ2n) is 4.87. The molecule has 0 aliphatic heterocycles. The molecule has 0 saturated heterocycles. The number of methoxy groups -OCH3 is 1. The third-order valence-corrected chi connectivity index (χ3v) is 3.54. The quantitative estimate of drug-likeness (QED) is 0.857. The number of ether oxygens (including phenoxy) is 2. The summed E-state index contributed by atoms with van der Waals surface area (Å²) >= 11 is 0. The van der Waals surface area contributed by atoms with Gasteiger partial charge in [0, 0.05) is 6.04 Å². The topological polar surface area (TPSA) is 64.6 Å². The van der Waals surface area contributed by atoms with E-state index in [-0.39, 0.29) is 24.5 Å². The first-order valence-corrected chi connectivity index (χ1v) is 6.75. The molecule has 0 unspecified atom stereocenters. The van der Waals surface area contributed by atoms with Crippen molar-refractivity contribution in [1.29, 1.82) is 0 Å². The highest BCUT2D eigenvalue weighted by Crippen LogP contribution is 2.26. The monoisotopic (exact) mass is 277 g/mol. The number of nitrogens with one attached hydrogen (secondary N) is 1. The third kappa shape index (κ3) is 3.73. The van der Waals surface area contributed by atoms with Gasteiger partial charge < -0.3 is 14.8 Å². The normalized spacial score (nSPS) is 21.2. The second kappa shape index (κ2) is 6.93. The van der Waals surface area contributed by atoms with E-state index >= 15 is 0 Å². The molecule has 1 aromatic rings. The molecule has 1 aliphatic carbocycles. The minimum atomic E-state index is -0.491. The van der Waals surface area contributed by atoms with E-state index in [1.807, 2.05) is 30.3 Å². The molecular formula is C15H19NO4. The van der Waals surface area contributed by atoms with Crippen molar-refractivity contribution in [2.45, 2.75) is 31.9 Å². The molecule has 20 heavy (non-hydrogen) atoms. The average Bonchev–Trinajstić information content (AvgIpc) is 2.93. The molecular weight excluding hydrogens is 258 g/mol. The van der Waals surface area contributed by atoms with Crippen molar-refractivity contribution >= 4 is 12.1 Å². The first kappa shape index (κ1) is 14.4. The molecule has 5 nitrogen and oxygen atoms in total. The zero-order chi connectivity index (χ0) is 14.4. The summed E-state index contributed by atoms with van der Waals surface area (Å²) in [6, 6.07) is 9.27. The Morgan fingerprint density at radius 2 is 2.00 bits per heavy atom. The molecule has 1 N–H and O–H groups in total. The van der Waals surface area contributed by atoms with Crippen molar-refractivity contribution in [2.75, 3.05) is 7.11 Å². The predicted octanol–water partition coefficient (Wildman–Crippen LogP) is 2.25. The fourth-order valence-electron chi connectivity index (χ4n) is 2.48. The molecule has 1 fully saturated rings. The summed E-state index contributed by atoms with van der Waals surface area (Å²) in [6.07, 6.45) is 1.94. The standard InChI is InChI=1S/C15H19NO4/c1-19-14(17)12-8-5-9-13(12)16-15(18)20-10-11-6-3-2-4-7-11/h2-4,6-7,12-13H,5,8-10H2,1H3,(H,16,18)/t12-,13+/m0/s1. The smallest absolute Gasteiger partial charge is 0.407 e. The Morgan fingerprint density at radius 3 is 2.70 bits per heavy atom. The fourth-order valence-corrected chi connectivity index (χ4v) is 2.48. The second-order valence-corrected chi connectivity index (χ2v) is 4.87. The van der Waals surface area contributed by atoms with Crippen LogP contribution in [0.15, 0.2) is 30.3 Å². The Morgan fingerprint density at radius 1 is 1.25 bits per heavy atom. The molecule has 2 atom stereocenters. The van der Waals surface area contributed by atoms with Gasteiger partial charge in [0.05, 0.1) is 13.0 Å². The molecule has 1 saturated carbocycles. The van der Waals surface area contributed by atoms with Gasteiger partial charge in [-0.25, -0.2) is 4.79 Å². The lowest BCUT2D eigenvalue weighted by atomic mass is 10.0. The minimum Gasteiger partial charge on any atom is -0.469 e. The maximum Gasteiger partial charge on any atom is 0.407 e. The van der Waals surface area contributed by atoms with Gasteiger partial charge in [0.15, 0.2) is 0 Å². The van der Waals surface area contributed by atoms with Gasteiger partial charge in [-0.2, -0.15) is 0 Å². The van der Waals surface area contributed by atoms with Crippen LogP contribution in [-0.2, 0) is 20.9 Å². The first-order chi connectivity index (χ1) is 9.70. The van der Waals surface area contributed by atoms with E-state index in [1.165, 1.54) is 7.11 Å². The van der Waals surface area contributed by atoms with Gasteiger partial charge >= 0.3 is 12.1 Å². The van der Waals surface area contributed by atoms with E-state index in [9.17, 15) is 9.59 Å². The summed E-state index contributed by atoms with van der Waals surface area (Å²) in [7, 11) is 1.37. The highest BCUT2D eigenvalue weighted by molar-refractivity contribution is 5.75. The molecule has 1 amide bonds. The Kier molecular flexibility index (Phi) is 4.98. The van der Waals surface area contributed by atoms with Crippen LogP contribution in [-0.4, -0.2) is 25.2 Å². The van der Waals surface area contributed by atoms with Gasteiger partial charge in [-0.15, -0.1) is 0 Å². The molecule has 0 aromatic heterocycles. The summed E-state index contributed by atoms with van der Waals surface area (Å²) in [4.78, 5) is 23.3. The van der Waals surface area contributed by atoms with Gasteiger partial charge in [0.2, 0.25) is 0 Å². The van der Waals surface area contributed by atoms with E-state index in [0.29, 0.717) is 0 Å². The molecule has 0 heterocycles. The number of esters is 1. The van der Waals surface area contributed by atoms with Crippen LogP contribution in [0.5, 0.6) is 0 Å². The van der Waals surface area contributed by atoms with Crippen molar-refractivity contribution in [3.63, 3.8) is 0 Å². The molecule has 1 aliphatic rings. The molecule has 5 heteroatoms. The molecule has 1 aromatic carbocycles. The van der Waals surface area contributed by atoms with Gasteiger partial charge in [0.1, 0.15) is 6.61 Å². The van der Waals surface area contributed by atoms with Gasteiger partial charge in [-0.1, -0.05) is 36.8 Å². The highest BCUT2D eigenvalue weighted by Gasteiger charge is 2.35. The number of hydrogen-bond acceptors (Lipinski definition) is 4. The summed E-state index contributed by atoms with van der Waals surface area (Å²) in [5, 5.41) is 2.75. The van der Waals surface area contributed by atoms with Gasteiger partial charge in [0.25, 0.3) is 0 Å². The summed E-state index contributed by atoms with van der Waals surface area (Å²) in [5.74, 6) is -0.528. The van der Waals surface area contributed by atoms with E-state index in [4.69, 9.17) is 9.47 Å². The van der Waals surface area contributed by atoms with Crippen LogP contribution in [0.2, 0.25) is 0 Å². The third-order valence-electron chi connectivity index (χ3n) is 3.54. The van der Waals surface area contributed by atoms with Crippen LogP contribution in [0, 0.1) is 5.92 Å². The van der Waals surface area contributed by atoms with Gasteiger partial charge in [-0.3, -0.25) is 4.79 Å². The van der Waals surface area contributed by atoms with Crippen molar-refractivity contribution in [3.05, 3.63) is 35.9 Å². The minimum absolute atomic E-state index is 0.189. The largest absolute Gasteiger partial charge is 0.469 e. The number of benzene rings is 1. The van der Waals surface area contributed by atoms with Crippen molar-refractivity contribution < 1.29 is 19.1 Å². The highest BCUT2D eigenvalue weighted by atomic mass is 16.5. The molecule has 0 bridgehead atoms. The summed E-state index contributed by atoms with van der Waals surface area (Å²) < 4.78 is 9.89. The van der Waals surface area contributed by atoms with E-state index in [1.54, 1.807) is 0 Å². The summed E-state index contributed by atoms with van der Waals surface area (Å²) in [5.41, 5.74) is 0.929.